The van der Waals surface area contributed by atoms with Gasteiger partial charge in [-0.1, -0.05) is 19.5 Å². The molecule has 0 saturated carbocycles. The predicted molar refractivity (Wildman–Crippen MR) is 444 cm³/mol. The normalized spacial score (nSPS) is 34.2. The van der Waals surface area contributed by atoms with Crippen LogP contribution in [0.1, 0.15) is 165 Å². The summed E-state index contributed by atoms with van der Waals surface area (Å²) in [6, 6.07) is -6.44. The van der Waals surface area contributed by atoms with Crippen molar-refractivity contribution >= 4 is 75.0 Å². The molecule has 0 bridgehead atoms. The van der Waals surface area contributed by atoms with E-state index in [0.717, 1.165) is 0 Å². The van der Waals surface area contributed by atoms with Crippen molar-refractivity contribution in [1.82, 2.24) is 40.9 Å². The molecule has 30 atom stereocenters. The first-order valence-corrected chi connectivity index (χ1v) is 47.0. The van der Waals surface area contributed by atoms with Crippen LogP contribution in [0.5, 0.6) is 0 Å². The summed E-state index contributed by atoms with van der Waals surface area (Å²) < 4.78 is 80.9. The van der Waals surface area contributed by atoms with E-state index in [1.807, 2.05) is 27.7 Å². The zero-order valence-corrected chi connectivity index (χ0v) is 79.2. The monoisotopic (exact) mass is 1960 g/mol. The molecule has 737 valence electrons. The summed E-state index contributed by atoms with van der Waals surface area (Å²) in [5.41, 5.74) is -0.595. The first-order valence-electron chi connectivity index (χ1n) is 43.6. The number of nitrogens with one attached hydrogen (secondary N) is 4. The Morgan fingerprint density at radius 1 is 0.398 bits per heavy atom. The number of nitrogens with zero attached hydrogens (tertiary/aromatic N) is 4. The first-order chi connectivity index (χ1) is 60.0. The van der Waals surface area contributed by atoms with E-state index in [2.05, 4.69) is 33.9 Å². The van der Waals surface area contributed by atoms with Gasteiger partial charge in [-0.05, 0) is 104 Å². The van der Waals surface area contributed by atoms with Crippen LogP contribution in [0.3, 0.4) is 0 Å². The molecule has 8 aliphatic heterocycles. The van der Waals surface area contributed by atoms with Crippen LogP contribution in [0.2, 0.25) is 0 Å². The number of likely N-dealkylation sites (tertiary alicyclic amines) is 4. The molecule has 0 spiro atoms. The summed E-state index contributed by atoms with van der Waals surface area (Å²) in [5, 5.41) is 141. The maximum Gasteiger partial charge on any atom is 0.222 e. The van der Waals surface area contributed by atoms with Crippen LogP contribution in [0.15, 0.2) is 0 Å². The maximum absolute atomic E-state index is 14.3. The van der Waals surface area contributed by atoms with E-state index < -0.39 is 236 Å². The molecule has 128 heavy (non-hydrogen) atoms. The first kappa shape index (κ1) is 113. The van der Waals surface area contributed by atoms with Crippen molar-refractivity contribution in [1.29, 1.82) is 0 Å². The Labute approximate surface area is 771 Å². The van der Waals surface area contributed by atoms with Gasteiger partial charge in [0.2, 0.25) is 47.3 Å². The van der Waals surface area contributed by atoms with E-state index in [1.54, 1.807) is 21.8 Å². The molecule has 8 amide bonds. The fourth-order valence-corrected chi connectivity index (χ4v) is 18.9. The summed E-state index contributed by atoms with van der Waals surface area (Å²) in [5.74, 6) is -2.94. The van der Waals surface area contributed by atoms with Gasteiger partial charge in [-0.25, -0.2) is 0 Å². The third-order valence-electron chi connectivity index (χ3n) is 23.1. The number of carbonyl (C=O) groups excluding carboxylic acids is 8. The molecule has 1 radical (unpaired) electrons. The zero-order chi connectivity index (χ0) is 93.9. The molecular formula is C80H140N8O37P2Y-2. The van der Waals surface area contributed by atoms with Crippen LogP contribution in [-0.2, 0) is 137 Å². The van der Waals surface area contributed by atoms with Crippen LogP contribution in [0.25, 0.3) is 0 Å². The summed E-state index contributed by atoms with van der Waals surface area (Å²) in [7, 11) is -6.86. The molecule has 8 rings (SSSR count). The van der Waals surface area contributed by atoms with E-state index in [4.69, 9.17) is 65.5 Å². The second-order valence-electron chi connectivity index (χ2n) is 34.4. The number of ether oxygens (including phenoxy) is 10. The second-order valence-corrected chi connectivity index (χ2v) is 37.7. The standard InChI is InChI=1S/C61H106N6O28P2.C19H34N2O9.Y/c1-10-37-23-41(27-65(37)46(74)17-11-14-20-85-58-49(62-34(2)71)55(80)52(77)43(29-68)90-58)94-96(8,83)89-33-39-25-42(28-67(39)48(76)19-13-16-22-87-60-51(64-36(4)73)57(82)54(79)45(31-70)92-60)95-97(9,84)88-32-38-24-40(93-61(5,6)7)26-66(38)47(75)18-12-15-21-86-59-50(63-35(3)72)56(81)53(78)44(30-69)91-59;1-11(24)20-16-18(27)17(26)14(10-23)30-19(16)29-6-4-3-5-15(25)21-8-13(28-2)7-12(21)9-22;/h37-45,49-60,68-70,77-82H,8-33H2,1-7H3,(H3-2,62,63,64,71,72,73,83,84);12-14,16-19,22-23,26-27H,3-10H2,1-2H3,(H,20,24);/q-2;;/t37-,38+,39+,40-,41-,42-,43?,44?,45?,49?,50?,51?,52?,53?,54?,55?,56?,57?,58?,59?,60?,96?,97?;12-,13+,14?,16?,17?,18?,19?;/m10./s1. The summed E-state index contributed by atoms with van der Waals surface area (Å²) >= 11 is 0. The van der Waals surface area contributed by atoms with Gasteiger partial charge in [0.25, 0.3) is 0 Å². The van der Waals surface area contributed by atoms with E-state index >= 15 is 0 Å². The third kappa shape index (κ3) is 34.2. The molecule has 8 fully saturated rings. The van der Waals surface area contributed by atoms with E-state index in [1.165, 1.54) is 32.6 Å². The van der Waals surface area contributed by atoms with Gasteiger partial charge in [-0.2, -0.15) is 0 Å². The Bertz CT molecular complexity index is 3540. The van der Waals surface area contributed by atoms with Gasteiger partial charge in [-0.15, -0.1) is 0 Å². The molecule has 22 unspecified atom stereocenters. The smallest absolute Gasteiger partial charge is 0.222 e. The van der Waals surface area contributed by atoms with Crippen LogP contribution < -0.4 is 31.1 Å². The van der Waals surface area contributed by atoms with Crippen molar-refractivity contribution in [3.63, 3.8) is 0 Å². The molecule has 0 aromatic carbocycles. The van der Waals surface area contributed by atoms with Crippen molar-refractivity contribution in [2.75, 3.05) is 106 Å². The van der Waals surface area contributed by atoms with Gasteiger partial charge < -0.3 is 183 Å². The zero-order valence-electron chi connectivity index (χ0n) is 74.6. The van der Waals surface area contributed by atoms with Gasteiger partial charge in [-0.3, -0.25) is 38.4 Å². The third-order valence-corrected chi connectivity index (χ3v) is 25.5. The van der Waals surface area contributed by atoms with Crippen LogP contribution in [0.4, 0.5) is 0 Å². The van der Waals surface area contributed by atoms with E-state index in [9.17, 15) is 115 Å². The maximum atomic E-state index is 14.3. The Morgan fingerprint density at radius 2 is 0.656 bits per heavy atom. The van der Waals surface area contributed by atoms with E-state index in [0.29, 0.717) is 70.8 Å². The quantitative estimate of drug-likeness (QED) is 0.0199. The fraction of sp³-hybridized carbons (Fsp3) is 0.875. The molecule has 0 aromatic heterocycles. The van der Waals surface area contributed by atoms with Gasteiger partial charge in [0.15, 0.2) is 25.2 Å². The molecular weight excluding hydrogens is 1820 g/mol. The molecule has 45 nitrogen and oxygen atoms in total. The number of carbonyl (C=O) groups is 8. The van der Waals surface area contributed by atoms with Crippen LogP contribution >= 0.6 is 15.1 Å². The number of hydrogen-bond donors (Lipinski definition) is 17. The van der Waals surface area contributed by atoms with Crippen LogP contribution in [-0.4, -0.2) is 429 Å². The largest absolute Gasteiger partial charge is 0.789 e. The van der Waals surface area contributed by atoms with Gasteiger partial charge in [0, 0.05) is 167 Å². The Hall–Kier alpha value is -3.70. The number of unbranched alkanes of at least 4 members (excludes halogenated alkanes) is 4. The van der Waals surface area contributed by atoms with Gasteiger partial charge >= 0.3 is 0 Å². The van der Waals surface area contributed by atoms with Crippen molar-refractivity contribution < 1.29 is 213 Å². The van der Waals surface area contributed by atoms with Crippen molar-refractivity contribution in [2.24, 2.45) is 0 Å². The number of methoxy groups -OCH3 is 1. The molecule has 17 N–H and O–H groups in total. The molecule has 48 heteroatoms. The Morgan fingerprint density at radius 3 is 0.922 bits per heavy atom. The van der Waals surface area contributed by atoms with Crippen molar-refractivity contribution in [2.45, 2.75) is 341 Å². The summed E-state index contributed by atoms with van der Waals surface area (Å²) in [6.45, 7) is 10.0. The summed E-state index contributed by atoms with van der Waals surface area (Å²) in [6.07, 6.45) is -10.7. The molecule has 8 heterocycles. The minimum absolute atomic E-state index is 0. The van der Waals surface area contributed by atoms with Gasteiger partial charge in [0.1, 0.15) is 97.4 Å². The Balaban J connectivity index is 0.000000685. The molecule has 8 aliphatic rings. The number of amides is 8. The number of aliphatic hydroxyl groups excluding tert-OH is 13. The average Bonchev–Trinajstić information content (AvgIpc) is 1.68. The number of hydrogen-bond acceptors (Lipinski definition) is 37. The number of rotatable bonds is 46. The second kappa shape index (κ2) is 54.3. The number of aliphatic hydroxyl groups is 13. The molecule has 8 saturated heterocycles. The topological polar surface area (TPSA) is 636 Å². The Kier molecular flexibility index (Phi) is 48.0. The van der Waals surface area contributed by atoms with Crippen LogP contribution in [0, 0.1) is 0 Å². The predicted octanol–water partition coefficient (Wildman–Crippen LogP) is -6.59. The average molecular weight is 1960 g/mol. The summed E-state index contributed by atoms with van der Waals surface area (Å²) in [4.78, 5) is 136. The minimum atomic E-state index is -4.25. The van der Waals surface area contributed by atoms with E-state index in [-0.39, 0.29) is 173 Å². The fourth-order valence-electron chi connectivity index (χ4n) is 16.8. The van der Waals surface area contributed by atoms with Gasteiger partial charge in [0.05, 0.1) is 94.4 Å². The van der Waals surface area contributed by atoms with Crippen molar-refractivity contribution in [3.05, 3.63) is 0 Å². The SMILES string of the molecule is C=P([O-])(OC[C@@H]1C[C@@H](OP(=C)([O-])OC[C@@H]2C[C@@H](OC(C)(C)C)CN2C(=O)CCCCOC2OC(CO)C(O)C(O)C2NC(C)=O)CN1C(=O)CCCCOC1OC(CO)C(O)C(O)C1NC(C)=O)O[C@@H]1C[C@@H](CC)N(C(=O)CCCCOC2OC(CO)C(O)C(O)C2NC(C)=O)C1.CO[C@@H]1C[C@@H](CO)N(C(=O)CCCCOC2OC(CO)C(O)C(O)C2NC(C)=O)C1.[Y]. The van der Waals surface area contributed by atoms with Crippen molar-refractivity contribution in [3.8, 4) is 0 Å². The molecule has 0 aromatic rings. The molecule has 0 aliphatic carbocycles. The minimum Gasteiger partial charge on any atom is -0.789 e.